The van der Waals surface area contributed by atoms with E-state index < -0.39 is 0 Å². The average molecular weight is 453 g/mol. The molecule has 0 spiro atoms. The van der Waals surface area contributed by atoms with Crippen molar-refractivity contribution in [2.24, 2.45) is 7.05 Å². The molecule has 32 heavy (non-hydrogen) atoms. The van der Waals surface area contributed by atoms with E-state index in [0.717, 1.165) is 46.2 Å². The Balaban J connectivity index is 1.39. The minimum atomic E-state index is -0.0960. The highest BCUT2D eigenvalue weighted by atomic mass is 32.2. The summed E-state index contributed by atoms with van der Waals surface area (Å²) in [4.78, 5) is 32.5. The Labute approximate surface area is 189 Å². The normalized spacial score (nSPS) is 16.4. The molecule has 1 aliphatic rings. The SMILES string of the molecule is CCn1ncc(-c2nc3c(S[C@H]4CCN(C(=O)c5coc(C)n5)C4)ncnc3n2C)c1C. The van der Waals surface area contributed by atoms with E-state index in [0.29, 0.717) is 24.7 Å². The van der Waals surface area contributed by atoms with Gasteiger partial charge in [0.1, 0.15) is 29.0 Å². The summed E-state index contributed by atoms with van der Waals surface area (Å²) in [5, 5.41) is 5.50. The average Bonchev–Trinajstić information content (AvgIpc) is 3.56. The first-order valence-corrected chi connectivity index (χ1v) is 11.4. The van der Waals surface area contributed by atoms with Gasteiger partial charge in [-0.2, -0.15) is 5.10 Å². The zero-order valence-corrected chi connectivity index (χ0v) is 19.3. The van der Waals surface area contributed by atoms with Crippen LogP contribution in [-0.4, -0.2) is 63.4 Å². The summed E-state index contributed by atoms with van der Waals surface area (Å²) in [6.07, 6.45) is 5.73. The van der Waals surface area contributed by atoms with Gasteiger partial charge >= 0.3 is 0 Å². The van der Waals surface area contributed by atoms with Crippen LogP contribution in [0.5, 0.6) is 0 Å². The standard InChI is InChI=1S/C21H24N8O2S/c1-5-29-12(2)15(8-24-29)18-26-17-19(27(18)4)22-11-23-20(17)32-14-6-7-28(9-14)21(30)16-10-31-13(3)25-16/h8,10-11,14H,5-7,9H2,1-4H3/t14-/m0/s1. The van der Waals surface area contributed by atoms with Crippen molar-refractivity contribution in [2.75, 3.05) is 13.1 Å². The number of hydrogen-bond acceptors (Lipinski definition) is 8. The second-order valence-electron chi connectivity index (χ2n) is 7.84. The van der Waals surface area contributed by atoms with Crippen molar-refractivity contribution in [3.05, 3.63) is 36.1 Å². The molecule has 4 aromatic heterocycles. The lowest BCUT2D eigenvalue weighted by Crippen LogP contribution is -2.29. The number of oxazole rings is 1. The van der Waals surface area contributed by atoms with Gasteiger partial charge in [0, 0.05) is 44.5 Å². The molecule has 0 saturated carbocycles. The second-order valence-corrected chi connectivity index (χ2v) is 9.13. The zero-order chi connectivity index (χ0) is 22.4. The molecular weight excluding hydrogens is 428 g/mol. The predicted molar refractivity (Wildman–Crippen MR) is 119 cm³/mol. The van der Waals surface area contributed by atoms with Crippen LogP contribution < -0.4 is 0 Å². The van der Waals surface area contributed by atoms with Crippen molar-refractivity contribution < 1.29 is 9.21 Å². The van der Waals surface area contributed by atoms with Crippen molar-refractivity contribution in [2.45, 2.75) is 44.0 Å². The molecule has 10 nitrogen and oxygen atoms in total. The number of nitrogens with zero attached hydrogens (tertiary/aromatic N) is 8. The number of aryl methyl sites for hydroxylation is 3. The van der Waals surface area contributed by atoms with Crippen molar-refractivity contribution in [1.29, 1.82) is 0 Å². The van der Waals surface area contributed by atoms with Crippen LogP contribution in [0.2, 0.25) is 0 Å². The van der Waals surface area contributed by atoms with Crippen molar-refractivity contribution in [3.63, 3.8) is 0 Å². The third-order valence-electron chi connectivity index (χ3n) is 5.81. The van der Waals surface area contributed by atoms with Crippen LogP contribution in [-0.2, 0) is 13.6 Å². The molecule has 1 saturated heterocycles. The molecule has 1 fully saturated rings. The van der Waals surface area contributed by atoms with Crippen molar-refractivity contribution >= 4 is 28.8 Å². The largest absolute Gasteiger partial charge is 0.448 e. The number of carbonyl (C=O) groups is 1. The molecule has 0 aliphatic carbocycles. The third-order valence-corrected chi connectivity index (χ3v) is 7.05. The Morgan fingerprint density at radius 1 is 1.28 bits per heavy atom. The lowest BCUT2D eigenvalue weighted by atomic mass is 10.2. The third kappa shape index (κ3) is 3.46. The van der Waals surface area contributed by atoms with E-state index >= 15 is 0 Å². The predicted octanol–water partition coefficient (Wildman–Crippen LogP) is 2.86. The molecular formula is C21H24N8O2S. The van der Waals surface area contributed by atoms with Crippen LogP contribution in [0.4, 0.5) is 0 Å². The van der Waals surface area contributed by atoms with Gasteiger partial charge in [-0.05, 0) is 20.3 Å². The monoisotopic (exact) mass is 452 g/mol. The summed E-state index contributed by atoms with van der Waals surface area (Å²) in [5.41, 5.74) is 3.97. The van der Waals surface area contributed by atoms with Crippen LogP contribution in [0.1, 0.15) is 35.4 Å². The number of amides is 1. The number of thioether (sulfide) groups is 1. The van der Waals surface area contributed by atoms with E-state index in [-0.39, 0.29) is 11.2 Å². The summed E-state index contributed by atoms with van der Waals surface area (Å²) in [5.74, 6) is 1.22. The Hall–Kier alpha value is -3.21. The fourth-order valence-corrected chi connectivity index (χ4v) is 5.23. The number of fused-ring (bicyclic) bond motifs is 1. The quantitative estimate of drug-likeness (QED) is 0.425. The Bertz CT molecular complexity index is 1310. The molecule has 5 rings (SSSR count). The van der Waals surface area contributed by atoms with Gasteiger partial charge in [-0.25, -0.2) is 19.9 Å². The highest BCUT2D eigenvalue weighted by Gasteiger charge is 2.30. The molecule has 0 N–H and O–H groups in total. The van der Waals surface area contributed by atoms with Crippen LogP contribution in [0, 0.1) is 13.8 Å². The first kappa shape index (κ1) is 20.7. The number of hydrogen-bond donors (Lipinski definition) is 0. The Morgan fingerprint density at radius 3 is 2.84 bits per heavy atom. The van der Waals surface area contributed by atoms with E-state index in [9.17, 15) is 4.79 Å². The zero-order valence-electron chi connectivity index (χ0n) is 18.4. The summed E-state index contributed by atoms with van der Waals surface area (Å²) < 4.78 is 9.13. The van der Waals surface area contributed by atoms with Gasteiger partial charge in [-0.15, -0.1) is 0 Å². The minimum Gasteiger partial charge on any atom is -0.448 e. The number of rotatable bonds is 5. The number of aromatic nitrogens is 7. The van der Waals surface area contributed by atoms with Gasteiger partial charge in [0.2, 0.25) is 0 Å². The molecule has 166 valence electrons. The second kappa shape index (κ2) is 8.05. The smallest absolute Gasteiger partial charge is 0.275 e. The lowest BCUT2D eigenvalue weighted by molar-refractivity contribution is 0.0787. The maximum Gasteiger partial charge on any atom is 0.275 e. The number of imidazole rings is 1. The molecule has 1 aliphatic heterocycles. The van der Waals surface area contributed by atoms with Gasteiger partial charge in [0.15, 0.2) is 17.2 Å². The maximum absolute atomic E-state index is 12.7. The van der Waals surface area contributed by atoms with Gasteiger partial charge in [-0.3, -0.25) is 9.48 Å². The highest BCUT2D eigenvalue weighted by molar-refractivity contribution is 8.00. The number of carbonyl (C=O) groups excluding carboxylic acids is 1. The molecule has 1 amide bonds. The molecule has 5 heterocycles. The van der Waals surface area contributed by atoms with Gasteiger partial charge in [0.05, 0.1) is 11.8 Å². The van der Waals surface area contributed by atoms with Crippen molar-refractivity contribution in [1.82, 2.24) is 39.2 Å². The molecule has 0 radical (unpaired) electrons. The lowest BCUT2D eigenvalue weighted by Gasteiger charge is -2.14. The Morgan fingerprint density at radius 2 is 2.12 bits per heavy atom. The van der Waals surface area contributed by atoms with E-state index in [2.05, 4.69) is 27.0 Å². The first-order chi connectivity index (χ1) is 15.5. The number of likely N-dealkylation sites (tertiary alicyclic amines) is 1. The molecule has 0 bridgehead atoms. The minimum absolute atomic E-state index is 0.0960. The molecule has 1 atom stereocenters. The van der Waals surface area contributed by atoms with Crippen LogP contribution in [0.25, 0.3) is 22.6 Å². The first-order valence-electron chi connectivity index (χ1n) is 10.5. The fraction of sp³-hybridized carbons (Fsp3) is 0.429. The molecule has 11 heteroatoms. The summed E-state index contributed by atoms with van der Waals surface area (Å²) in [7, 11) is 1.96. The summed E-state index contributed by atoms with van der Waals surface area (Å²) in [6, 6.07) is 0. The van der Waals surface area contributed by atoms with Crippen LogP contribution >= 0.6 is 11.8 Å². The molecule has 4 aromatic rings. The fourth-order valence-electron chi connectivity index (χ4n) is 4.08. The van der Waals surface area contributed by atoms with Gasteiger partial charge in [-0.1, -0.05) is 11.8 Å². The van der Waals surface area contributed by atoms with Gasteiger partial charge in [0.25, 0.3) is 5.91 Å². The summed E-state index contributed by atoms with van der Waals surface area (Å²) in [6.45, 7) is 7.96. The van der Waals surface area contributed by atoms with E-state index in [1.807, 2.05) is 34.3 Å². The summed E-state index contributed by atoms with van der Waals surface area (Å²) >= 11 is 1.65. The van der Waals surface area contributed by atoms with Crippen LogP contribution in [0.3, 0.4) is 0 Å². The van der Waals surface area contributed by atoms with Crippen LogP contribution in [0.15, 0.2) is 28.2 Å². The molecule has 0 unspecified atom stereocenters. The molecule has 0 aromatic carbocycles. The topological polar surface area (TPSA) is 108 Å². The van der Waals surface area contributed by atoms with E-state index in [4.69, 9.17) is 9.40 Å². The van der Waals surface area contributed by atoms with E-state index in [1.165, 1.54) is 6.26 Å². The van der Waals surface area contributed by atoms with E-state index in [1.54, 1.807) is 25.0 Å². The Kier molecular flexibility index (Phi) is 5.20. The maximum atomic E-state index is 12.7. The van der Waals surface area contributed by atoms with Crippen molar-refractivity contribution in [3.8, 4) is 11.4 Å². The van der Waals surface area contributed by atoms with Gasteiger partial charge < -0.3 is 13.9 Å². The highest BCUT2D eigenvalue weighted by Crippen LogP contribution is 2.34.